The maximum absolute atomic E-state index is 5.36. The fraction of sp³-hybridized carbons (Fsp3) is 0.571. The molecule has 2 heterocycles. The van der Waals surface area contributed by atoms with Crippen LogP contribution in [0.3, 0.4) is 0 Å². The van der Waals surface area contributed by atoms with E-state index in [4.69, 9.17) is 4.74 Å². The predicted octanol–water partition coefficient (Wildman–Crippen LogP) is 1.14. The Labute approximate surface area is 54.2 Å². The highest BCUT2D eigenvalue weighted by molar-refractivity contribution is 5.82. The van der Waals surface area contributed by atoms with E-state index in [2.05, 4.69) is 4.99 Å². The highest BCUT2D eigenvalue weighted by Gasteiger charge is 2.14. The van der Waals surface area contributed by atoms with Crippen LogP contribution in [0.1, 0.15) is 12.8 Å². The SMILES string of the molecule is C1=NCC2=C1CCCO2. The third kappa shape index (κ3) is 0.745. The molecule has 0 saturated carbocycles. The monoisotopic (exact) mass is 123 g/mol. The van der Waals surface area contributed by atoms with Gasteiger partial charge in [0.2, 0.25) is 0 Å². The van der Waals surface area contributed by atoms with Gasteiger partial charge >= 0.3 is 0 Å². The van der Waals surface area contributed by atoms with E-state index in [9.17, 15) is 0 Å². The number of allylic oxidation sites excluding steroid dienone is 1. The molecule has 0 radical (unpaired) electrons. The Hall–Kier alpha value is -0.790. The van der Waals surface area contributed by atoms with Crippen molar-refractivity contribution in [3.8, 4) is 0 Å². The molecular weight excluding hydrogens is 114 g/mol. The van der Waals surface area contributed by atoms with Crippen LogP contribution < -0.4 is 0 Å². The van der Waals surface area contributed by atoms with Crippen molar-refractivity contribution in [3.05, 3.63) is 11.3 Å². The number of ether oxygens (including phenoxy) is 1. The molecule has 0 aliphatic carbocycles. The number of nitrogens with zero attached hydrogens (tertiary/aromatic N) is 1. The Morgan fingerprint density at radius 2 is 2.56 bits per heavy atom. The van der Waals surface area contributed by atoms with Gasteiger partial charge in [0.25, 0.3) is 0 Å². The molecule has 0 aromatic heterocycles. The normalized spacial score (nSPS) is 24.0. The molecule has 2 nitrogen and oxygen atoms in total. The van der Waals surface area contributed by atoms with Gasteiger partial charge in [-0.25, -0.2) is 0 Å². The van der Waals surface area contributed by atoms with Crippen LogP contribution >= 0.6 is 0 Å². The molecule has 2 aliphatic rings. The van der Waals surface area contributed by atoms with Crippen LogP contribution in [-0.2, 0) is 4.74 Å². The molecule has 0 aromatic carbocycles. The quantitative estimate of drug-likeness (QED) is 0.473. The highest BCUT2D eigenvalue weighted by Crippen LogP contribution is 2.21. The summed E-state index contributed by atoms with van der Waals surface area (Å²) >= 11 is 0. The number of hydrogen-bond acceptors (Lipinski definition) is 2. The van der Waals surface area contributed by atoms with Crippen LogP contribution in [0, 0.1) is 0 Å². The molecule has 0 N–H and O–H groups in total. The van der Waals surface area contributed by atoms with Gasteiger partial charge in [-0.1, -0.05) is 0 Å². The minimum atomic E-state index is 0.787. The van der Waals surface area contributed by atoms with E-state index in [-0.39, 0.29) is 0 Å². The van der Waals surface area contributed by atoms with Gasteiger partial charge in [-0.15, -0.1) is 0 Å². The lowest BCUT2D eigenvalue weighted by atomic mass is 10.1. The van der Waals surface area contributed by atoms with E-state index in [0.717, 1.165) is 25.3 Å². The highest BCUT2D eigenvalue weighted by atomic mass is 16.5. The first-order valence-corrected chi connectivity index (χ1v) is 3.31. The first kappa shape index (κ1) is 5.03. The average Bonchev–Trinajstić information content (AvgIpc) is 2.33. The Morgan fingerprint density at radius 1 is 1.56 bits per heavy atom. The second-order valence-electron chi connectivity index (χ2n) is 2.37. The minimum absolute atomic E-state index is 0.787. The van der Waals surface area contributed by atoms with Gasteiger partial charge in [-0.3, -0.25) is 4.99 Å². The zero-order valence-electron chi connectivity index (χ0n) is 5.26. The van der Waals surface area contributed by atoms with E-state index in [1.165, 1.54) is 12.0 Å². The van der Waals surface area contributed by atoms with Crippen molar-refractivity contribution >= 4 is 6.21 Å². The lowest BCUT2D eigenvalue weighted by Gasteiger charge is -2.13. The summed E-state index contributed by atoms with van der Waals surface area (Å²) in [5, 5.41) is 0. The zero-order chi connectivity index (χ0) is 6.10. The van der Waals surface area contributed by atoms with Gasteiger partial charge in [-0.05, 0) is 12.8 Å². The molecule has 48 valence electrons. The summed E-state index contributed by atoms with van der Waals surface area (Å²) in [6.45, 7) is 1.68. The van der Waals surface area contributed by atoms with Crippen LogP contribution in [0.4, 0.5) is 0 Å². The third-order valence-electron chi connectivity index (χ3n) is 1.71. The lowest BCUT2D eigenvalue weighted by molar-refractivity contribution is 0.191. The summed E-state index contributed by atoms with van der Waals surface area (Å²) in [5.41, 5.74) is 1.32. The largest absolute Gasteiger partial charge is 0.496 e. The Kier molecular flexibility index (Phi) is 1.04. The molecule has 0 aromatic rings. The molecule has 0 atom stereocenters. The van der Waals surface area contributed by atoms with E-state index in [1.54, 1.807) is 0 Å². The Morgan fingerprint density at radius 3 is 3.44 bits per heavy atom. The van der Waals surface area contributed by atoms with Crippen LogP contribution in [0.15, 0.2) is 16.3 Å². The average molecular weight is 123 g/mol. The molecule has 0 saturated heterocycles. The predicted molar refractivity (Wildman–Crippen MR) is 35.6 cm³/mol. The molecule has 0 fully saturated rings. The van der Waals surface area contributed by atoms with E-state index < -0.39 is 0 Å². The van der Waals surface area contributed by atoms with Gasteiger partial charge in [-0.2, -0.15) is 0 Å². The maximum atomic E-state index is 5.36. The lowest BCUT2D eigenvalue weighted by Crippen LogP contribution is -2.05. The van der Waals surface area contributed by atoms with Crippen molar-refractivity contribution in [2.24, 2.45) is 4.99 Å². The summed E-state index contributed by atoms with van der Waals surface area (Å²) in [4.78, 5) is 4.10. The summed E-state index contributed by atoms with van der Waals surface area (Å²) < 4.78 is 5.36. The fourth-order valence-corrected chi connectivity index (χ4v) is 1.21. The maximum Gasteiger partial charge on any atom is 0.122 e. The molecular formula is C7H9NO. The summed E-state index contributed by atoms with van der Waals surface area (Å²) in [6, 6.07) is 0. The second kappa shape index (κ2) is 1.87. The molecule has 2 heteroatoms. The minimum Gasteiger partial charge on any atom is -0.496 e. The van der Waals surface area contributed by atoms with Crippen LogP contribution in [0.5, 0.6) is 0 Å². The summed E-state index contributed by atoms with van der Waals surface area (Å²) in [7, 11) is 0. The molecule has 2 aliphatic heterocycles. The van der Waals surface area contributed by atoms with Crippen molar-refractivity contribution < 1.29 is 4.74 Å². The first-order valence-electron chi connectivity index (χ1n) is 3.31. The van der Waals surface area contributed by atoms with Crippen LogP contribution in [0.25, 0.3) is 0 Å². The van der Waals surface area contributed by atoms with Gasteiger partial charge in [0, 0.05) is 11.8 Å². The van der Waals surface area contributed by atoms with Gasteiger partial charge in [0.05, 0.1) is 13.2 Å². The standard InChI is InChI=1S/C7H9NO/c1-2-6-4-8-5-7(6)9-3-1/h4H,1-3,5H2. The molecule has 0 amide bonds. The molecule has 0 bridgehead atoms. The Balaban J connectivity index is 2.24. The Bertz CT molecular complexity index is 181. The topological polar surface area (TPSA) is 21.6 Å². The van der Waals surface area contributed by atoms with Gasteiger partial charge in [0.1, 0.15) is 5.76 Å². The summed E-state index contributed by atoms with van der Waals surface area (Å²) in [5.74, 6) is 1.11. The van der Waals surface area contributed by atoms with Crippen molar-refractivity contribution in [1.82, 2.24) is 0 Å². The van der Waals surface area contributed by atoms with Crippen molar-refractivity contribution in [3.63, 3.8) is 0 Å². The van der Waals surface area contributed by atoms with Gasteiger partial charge < -0.3 is 4.74 Å². The first-order chi connectivity index (χ1) is 4.47. The number of aliphatic imine (C=N–C) groups is 1. The molecule has 9 heavy (non-hydrogen) atoms. The third-order valence-corrected chi connectivity index (χ3v) is 1.71. The second-order valence-corrected chi connectivity index (χ2v) is 2.37. The van der Waals surface area contributed by atoms with E-state index in [1.807, 2.05) is 6.21 Å². The molecule has 0 spiro atoms. The van der Waals surface area contributed by atoms with E-state index >= 15 is 0 Å². The number of hydrogen-bond donors (Lipinski definition) is 0. The molecule has 2 rings (SSSR count). The smallest absolute Gasteiger partial charge is 0.122 e. The van der Waals surface area contributed by atoms with Gasteiger partial charge in [0.15, 0.2) is 0 Å². The van der Waals surface area contributed by atoms with Crippen LogP contribution in [0.2, 0.25) is 0 Å². The number of rotatable bonds is 0. The van der Waals surface area contributed by atoms with Crippen molar-refractivity contribution in [2.75, 3.05) is 13.2 Å². The fourth-order valence-electron chi connectivity index (χ4n) is 1.21. The zero-order valence-corrected chi connectivity index (χ0v) is 5.26. The summed E-state index contributed by atoms with van der Waals surface area (Å²) in [6.07, 6.45) is 4.26. The van der Waals surface area contributed by atoms with Crippen molar-refractivity contribution in [1.29, 1.82) is 0 Å². The van der Waals surface area contributed by atoms with Crippen molar-refractivity contribution in [2.45, 2.75) is 12.8 Å². The molecule has 0 unspecified atom stereocenters. The van der Waals surface area contributed by atoms with E-state index in [0.29, 0.717) is 0 Å². The van der Waals surface area contributed by atoms with Crippen LogP contribution in [-0.4, -0.2) is 19.4 Å².